The predicted octanol–water partition coefficient (Wildman–Crippen LogP) is 2.57. The molecule has 0 spiro atoms. The van der Waals surface area contributed by atoms with Crippen molar-refractivity contribution in [1.29, 1.82) is 0 Å². The summed E-state index contributed by atoms with van der Waals surface area (Å²) >= 11 is 0. The molecule has 1 aromatic carbocycles. The molecule has 0 aliphatic rings. The van der Waals surface area contributed by atoms with E-state index in [0.717, 1.165) is 22.5 Å². The number of carbonyl (C=O) groups is 1. The van der Waals surface area contributed by atoms with Gasteiger partial charge in [0.05, 0.1) is 11.7 Å². The van der Waals surface area contributed by atoms with E-state index in [-0.39, 0.29) is 11.9 Å². The zero-order chi connectivity index (χ0) is 15.6. The minimum Gasteiger partial charge on any atom is -0.378 e. The van der Waals surface area contributed by atoms with Crippen LogP contribution in [0.5, 0.6) is 0 Å². The van der Waals surface area contributed by atoms with Crippen LogP contribution in [0.4, 0.5) is 5.69 Å². The largest absolute Gasteiger partial charge is 0.378 e. The fourth-order valence-electron chi connectivity index (χ4n) is 2.42. The molecule has 1 atom stereocenters. The second-order valence-corrected chi connectivity index (χ2v) is 5.32. The molecule has 0 aliphatic heterocycles. The molecule has 5 nitrogen and oxygen atoms in total. The Morgan fingerprint density at radius 2 is 2.05 bits per heavy atom. The molecule has 5 heteroatoms. The van der Waals surface area contributed by atoms with Gasteiger partial charge in [-0.15, -0.1) is 0 Å². The third kappa shape index (κ3) is 3.24. The SMILES string of the molecule is CNC(=O)c1ccc(C)c(NC(C)c2cn(C)nc2C)c1. The van der Waals surface area contributed by atoms with Crippen molar-refractivity contribution in [3.63, 3.8) is 0 Å². The highest BCUT2D eigenvalue weighted by Gasteiger charge is 2.13. The molecule has 1 heterocycles. The molecule has 1 amide bonds. The number of hydrogen-bond acceptors (Lipinski definition) is 3. The smallest absolute Gasteiger partial charge is 0.251 e. The van der Waals surface area contributed by atoms with Crippen molar-refractivity contribution in [2.75, 3.05) is 12.4 Å². The van der Waals surface area contributed by atoms with Gasteiger partial charge in [-0.2, -0.15) is 5.10 Å². The molecular weight excluding hydrogens is 264 g/mol. The maximum atomic E-state index is 11.7. The first kappa shape index (κ1) is 15.1. The van der Waals surface area contributed by atoms with Gasteiger partial charge in [0.2, 0.25) is 0 Å². The molecular formula is C16H22N4O. The van der Waals surface area contributed by atoms with E-state index in [1.807, 2.05) is 50.0 Å². The quantitative estimate of drug-likeness (QED) is 0.908. The summed E-state index contributed by atoms with van der Waals surface area (Å²) in [5.41, 5.74) is 4.89. The Hall–Kier alpha value is -2.30. The number of benzene rings is 1. The summed E-state index contributed by atoms with van der Waals surface area (Å²) < 4.78 is 1.82. The number of amides is 1. The Morgan fingerprint density at radius 1 is 1.33 bits per heavy atom. The van der Waals surface area contributed by atoms with Gasteiger partial charge in [-0.05, 0) is 38.5 Å². The fraction of sp³-hybridized carbons (Fsp3) is 0.375. The van der Waals surface area contributed by atoms with Crippen molar-refractivity contribution in [1.82, 2.24) is 15.1 Å². The van der Waals surface area contributed by atoms with Crippen molar-refractivity contribution in [3.8, 4) is 0 Å². The van der Waals surface area contributed by atoms with Crippen molar-refractivity contribution < 1.29 is 4.79 Å². The van der Waals surface area contributed by atoms with Gasteiger partial charge < -0.3 is 10.6 Å². The highest BCUT2D eigenvalue weighted by atomic mass is 16.1. The average molecular weight is 286 g/mol. The average Bonchev–Trinajstić information content (AvgIpc) is 2.79. The summed E-state index contributed by atoms with van der Waals surface area (Å²) in [6.45, 7) is 6.12. The van der Waals surface area contributed by atoms with Crippen LogP contribution in [0, 0.1) is 13.8 Å². The van der Waals surface area contributed by atoms with Gasteiger partial charge in [-0.3, -0.25) is 9.48 Å². The maximum absolute atomic E-state index is 11.7. The first-order valence-corrected chi connectivity index (χ1v) is 7.01. The van der Waals surface area contributed by atoms with E-state index in [9.17, 15) is 4.79 Å². The molecule has 1 aromatic heterocycles. The van der Waals surface area contributed by atoms with Crippen molar-refractivity contribution >= 4 is 11.6 Å². The van der Waals surface area contributed by atoms with E-state index < -0.39 is 0 Å². The number of aryl methyl sites for hydroxylation is 3. The first-order valence-electron chi connectivity index (χ1n) is 7.01. The van der Waals surface area contributed by atoms with Crippen LogP contribution >= 0.6 is 0 Å². The summed E-state index contributed by atoms with van der Waals surface area (Å²) in [5, 5.41) is 10.5. The summed E-state index contributed by atoms with van der Waals surface area (Å²) in [4.78, 5) is 11.7. The Kier molecular flexibility index (Phi) is 4.31. The lowest BCUT2D eigenvalue weighted by molar-refractivity contribution is 0.0963. The maximum Gasteiger partial charge on any atom is 0.251 e. The third-order valence-corrected chi connectivity index (χ3v) is 3.62. The minimum atomic E-state index is -0.0803. The van der Waals surface area contributed by atoms with Crippen LogP contribution in [0.25, 0.3) is 0 Å². The van der Waals surface area contributed by atoms with Gasteiger partial charge in [0, 0.05) is 37.1 Å². The van der Waals surface area contributed by atoms with Crippen LogP contribution in [-0.4, -0.2) is 22.7 Å². The van der Waals surface area contributed by atoms with E-state index in [2.05, 4.69) is 22.7 Å². The summed E-state index contributed by atoms with van der Waals surface area (Å²) in [7, 11) is 3.55. The van der Waals surface area contributed by atoms with Gasteiger partial charge in [0.15, 0.2) is 0 Å². The topological polar surface area (TPSA) is 59.0 Å². The Morgan fingerprint density at radius 3 is 2.62 bits per heavy atom. The number of nitrogens with one attached hydrogen (secondary N) is 2. The highest BCUT2D eigenvalue weighted by molar-refractivity contribution is 5.95. The molecule has 2 N–H and O–H groups in total. The zero-order valence-corrected chi connectivity index (χ0v) is 13.2. The molecule has 0 fully saturated rings. The molecule has 1 unspecified atom stereocenters. The molecule has 112 valence electrons. The fourth-order valence-corrected chi connectivity index (χ4v) is 2.42. The standard InChI is InChI=1S/C16H22N4O/c1-10-6-7-13(16(21)17-4)8-15(10)18-11(2)14-9-20(5)19-12(14)3/h6-9,11,18H,1-5H3,(H,17,21). The predicted molar refractivity (Wildman–Crippen MR) is 84.6 cm³/mol. The molecule has 0 saturated carbocycles. The Labute approximate surface area is 125 Å². The highest BCUT2D eigenvalue weighted by Crippen LogP contribution is 2.24. The number of aromatic nitrogens is 2. The van der Waals surface area contributed by atoms with E-state index in [1.54, 1.807) is 7.05 Å². The Balaban J connectivity index is 2.26. The molecule has 0 bridgehead atoms. The van der Waals surface area contributed by atoms with E-state index >= 15 is 0 Å². The number of anilines is 1. The number of carbonyl (C=O) groups excluding carboxylic acids is 1. The zero-order valence-electron chi connectivity index (χ0n) is 13.2. The molecule has 0 aliphatic carbocycles. The van der Waals surface area contributed by atoms with Gasteiger partial charge in [-0.25, -0.2) is 0 Å². The molecule has 2 rings (SSSR count). The van der Waals surface area contributed by atoms with Crippen LogP contribution in [-0.2, 0) is 7.05 Å². The van der Waals surface area contributed by atoms with Gasteiger partial charge in [-0.1, -0.05) is 6.07 Å². The van der Waals surface area contributed by atoms with Gasteiger partial charge in [0.1, 0.15) is 0 Å². The molecule has 2 aromatic rings. The second-order valence-electron chi connectivity index (χ2n) is 5.32. The lowest BCUT2D eigenvalue weighted by Gasteiger charge is -2.17. The van der Waals surface area contributed by atoms with Crippen LogP contribution in [0.15, 0.2) is 24.4 Å². The molecule has 21 heavy (non-hydrogen) atoms. The van der Waals surface area contributed by atoms with Crippen molar-refractivity contribution in [2.45, 2.75) is 26.8 Å². The van der Waals surface area contributed by atoms with E-state index in [4.69, 9.17) is 0 Å². The van der Waals surface area contributed by atoms with Crippen LogP contribution in [0.3, 0.4) is 0 Å². The summed E-state index contributed by atoms with van der Waals surface area (Å²) in [6, 6.07) is 5.79. The normalized spacial score (nSPS) is 12.0. The van der Waals surface area contributed by atoms with Crippen molar-refractivity contribution in [2.24, 2.45) is 7.05 Å². The summed E-state index contributed by atoms with van der Waals surface area (Å²) in [6.07, 6.45) is 2.02. The van der Waals surface area contributed by atoms with E-state index in [1.165, 1.54) is 0 Å². The van der Waals surface area contributed by atoms with Gasteiger partial charge >= 0.3 is 0 Å². The lowest BCUT2D eigenvalue weighted by atomic mass is 10.1. The van der Waals surface area contributed by atoms with Gasteiger partial charge in [0.25, 0.3) is 5.91 Å². The first-order chi connectivity index (χ1) is 9.92. The molecule has 0 saturated heterocycles. The molecule has 0 radical (unpaired) electrons. The number of nitrogens with zero attached hydrogens (tertiary/aromatic N) is 2. The minimum absolute atomic E-state index is 0.0803. The van der Waals surface area contributed by atoms with Crippen LogP contribution < -0.4 is 10.6 Å². The lowest BCUT2D eigenvalue weighted by Crippen LogP contribution is -2.18. The monoisotopic (exact) mass is 286 g/mol. The second kappa shape index (κ2) is 5.99. The third-order valence-electron chi connectivity index (χ3n) is 3.62. The van der Waals surface area contributed by atoms with Crippen LogP contribution in [0.2, 0.25) is 0 Å². The number of rotatable bonds is 4. The summed E-state index contributed by atoms with van der Waals surface area (Å²) in [5.74, 6) is -0.0803. The number of hydrogen-bond donors (Lipinski definition) is 2. The van der Waals surface area contributed by atoms with E-state index in [0.29, 0.717) is 5.56 Å². The van der Waals surface area contributed by atoms with Crippen molar-refractivity contribution in [3.05, 3.63) is 46.8 Å². The Bertz CT molecular complexity index is 660. The van der Waals surface area contributed by atoms with Crippen LogP contribution in [0.1, 0.15) is 40.1 Å².